The Labute approximate surface area is 163 Å². The third kappa shape index (κ3) is 7.03. The minimum atomic E-state index is -3.69. The molecule has 1 aromatic carbocycles. The van der Waals surface area contributed by atoms with Crippen LogP contribution in [0.15, 0.2) is 24.3 Å². The SMILES string of the molecule is CS(=O)(=O)N(CC(=O)O)CC1CN(Cc2ccccc2[N+](=O)[O-])CCO1.Cl. The van der Waals surface area contributed by atoms with E-state index in [1.807, 2.05) is 4.90 Å². The molecular weight excluding hydrogens is 402 g/mol. The highest BCUT2D eigenvalue weighted by molar-refractivity contribution is 7.88. The summed E-state index contributed by atoms with van der Waals surface area (Å²) < 4.78 is 29.9. The van der Waals surface area contributed by atoms with Crippen LogP contribution >= 0.6 is 12.4 Å². The first-order chi connectivity index (χ1) is 12.2. The number of aliphatic carboxylic acids is 1. The van der Waals surface area contributed by atoms with Crippen molar-refractivity contribution in [3.63, 3.8) is 0 Å². The van der Waals surface area contributed by atoms with Gasteiger partial charge >= 0.3 is 5.97 Å². The molecule has 1 saturated heterocycles. The molecule has 1 unspecified atom stereocenters. The Morgan fingerprint density at radius 3 is 2.70 bits per heavy atom. The summed E-state index contributed by atoms with van der Waals surface area (Å²) in [7, 11) is -3.69. The van der Waals surface area contributed by atoms with Crippen molar-refractivity contribution < 1.29 is 28.0 Å². The van der Waals surface area contributed by atoms with E-state index in [0.717, 1.165) is 10.6 Å². The maximum Gasteiger partial charge on any atom is 0.318 e. The zero-order valence-electron chi connectivity index (χ0n) is 14.7. The number of morpholine rings is 1. The Morgan fingerprint density at radius 1 is 1.44 bits per heavy atom. The number of nitro groups is 1. The molecule has 1 aliphatic heterocycles. The molecule has 0 spiro atoms. The van der Waals surface area contributed by atoms with Crippen LogP contribution in [0.1, 0.15) is 5.56 Å². The van der Waals surface area contributed by atoms with E-state index in [-0.39, 0.29) is 24.6 Å². The molecule has 0 amide bonds. The van der Waals surface area contributed by atoms with Crippen molar-refractivity contribution in [2.75, 3.05) is 39.0 Å². The Kier molecular flexibility index (Phi) is 8.57. The van der Waals surface area contributed by atoms with E-state index in [4.69, 9.17) is 9.84 Å². The standard InChI is InChI=1S/C15H21N3O7S.ClH/c1-26(23,24)17(11-15(19)20)10-13-9-16(6-7-25-13)8-12-4-2-3-5-14(12)18(21)22;/h2-5,13H,6-11H2,1H3,(H,19,20);1H. The fourth-order valence-electron chi connectivity index (χ4n) is 2.79. The molecule has 0 saturated carbocycles. The molecule has 12 heteroatoms. The average molecular weight is 424 g/mol. The number of para-hydroxylation sites is 1. The van der Waals surface area contributed by atoms with Gasteiger partial charge in [0.1, 0.15) is 6.54 Å². The van der Waals surface area contributed by atoms with Gasteiger partial charge in [0, 0.05) is 37.8 Å². The van der Waals surface area contributed by atoms with Gasteiger partial charge in [-0.3, -0.25) is 19.8 Å². The Bertz CT molecular complexity index is 774. The molecule has 0 aliphatic carbocycles. The number of carbonyl (C=O) groups is 1. The molecule has 1 heterocycles. The quantitative estimate of drug-likeness (QED) is 0.474. The Balaban J connectivity index is 0.00000364. The van der Waals surface area contributed by atoms with Gasteiger partial charge in [-0.1, -0.05) is 18.2 Å². The van der Waals surface area contributed by atoms with E-state index in [2.05, 4.69) is 0 Å². The smallest absolute Gasteiger partial charge is 0.318 e. The van der Waals surface area contributed by atoms with E-state index in [9.17, 15) is 23.3 Å². The second-order valence-corrected chi connectivity index (χ2v) is 8.05. The van der Waals surface area contributed by atoms with E-state index in [1.54, 1.807) is 18.2 Å². The van der Waals surface area contributed by atoms with Crippen molar-refractivity contribution in [3.05, 3.63) is 39.9 Å². The fourth-order valence-corrected chi connectivity index (χ4v) is 3.58. The maximum absolute atomic E-state index is 11.8. The number of rotatable bonds is 8. The molecule has 2 rings (SSSR count). The number of sulfonamides is 1. The highest BCUT2D eigenvalue weighted by atomic mass is 35.5. The zero-order chi connectivity index (χ0) is 19.3. The van der Waals surface area contributed by atoms with Gasteiger partial charge in [-0.15, -0.1) is 12.4 Å². The number of carboxylic acid groups (broad SMARTS) is 1. The van der Waals surface area contributed by atoms with Crippen LogP contribution in [0.5, 0.6) is 0 Å². The molecule has 10 nitrogen and oxygen atoms in total. The molecule has 0 bridgehead atoms. The minimum Gasteiger partial charge on any atom is -0.480 e. The molecule has 1 N–H and O–H groups in total. The summed E-state index contributed by atoms with van der Waals surface area (Å²) in [6.07, 6.45) is 0.435. The van der Waals surface area contributed by atoms with Gasteiger partial charge in [-0.25, -0.2) is 8.42 Å². The second kappa shape index (κ2) is 9.95. The van der Waals surface area contributed by atoms with Gasteiger partial charge in [-0.05, 0) is 0 Å². The molecule has 1 atom stereocenters. The molecule has 27 heavy (non-hydrogen) atoms. The second-order valence-electron chi connectivity index (χ2n) is 6.06. The topological polar surface area (TPSA) is 130 Å². The molecule has 1 fully saturated rings. The maximum atomic E-state index is 11.8. The summed E-state index contributed by atoms with van der Waals surface area (Å²) in [4.78, 5) is 23.5. The monoisotopic (exact) mass is 423 g/mol. The zero-order valence-corrected chi connectivity index (χ0v) is 16.3. The number of nitro benzene ring substituents is 1. The summed E-state index contributed by atoms with van der Waals surface area (Å²) in [6.45, 7) is 0.824. The average Bonchev–Trinajstić information content (AvgIpc) is 2.53. The number of benzene rings is 1. The highest BCUT2D eigenvalue weighted by Crippen LogP contribution is 2.21. The van der Waals surface area contributed by atoms with E-state index < -0.39 is 33.6 Å². The molecule has 1 aliphatic rings. The normalized spacial score (nSPS) is 18.1. The summed E-state index contributed by atoms with van der Waals surface area (Å²) >= 11 is 0. The number of carboxylic acids is 1. The lowest BCUT2D eigenvalue weighted by atomic mass is 10.1. The summed E-state index contributed by atoms with van der Waals surface area (Å²) in [5, 5.41) is 20.0. The van der Waals surface area contributed by atoms with Crippen LogP contribution in [0.25, 0.3) is 0 Å². The number of hydrogen-bond acceptors (Lipinski definition) is 7. The number of hydrogen-bond donors (Lipinski definition) is 1. The van der Waals surface area contributed by atoms with Crippen LogP contribution in [0.4, 0.5) is 5.69 Å². The Hall–Kier alpha value is -1.79. The number of halogens is 1. The fraction of sp³-hybridized carbons (Fsp3) is 0.533. The van der Waals surface area contributed by atoms with Gasteiger partial charge in [0.2, 0.25) is 10.0 Å². The summed E-state index contributed by atoms with van der Waals surface area (Å²) in [5.41, 5.74) is 0.586. The minimum absolute atomic E-state index is 0. The predicted octanol–water partition coefficient (Wildman–Crippen LogP) is 0.564. The van der Waals surface area contributed by atoms with Crippen LogP contribution < -0.4 is 0 Å². The number of nitrogens with zero attached hydrogens (tertiary/aromatic N) is 3. The molecular formula is C15H22ClN3O7S. The van der Waals surface area contributed by atoms with Crippen molar-refractivity contribution in [1.82, 2.24) is 9.21 Å². The van der Waals surface area contributed by atoms with Gasteiger partial charge in [-0.2, -0.15) is 4.31 Å². The summed E-state index contributed by atoms with van der Waals surface area (Å²) in [6, 6.07) is 6.43. The van der Waals surface area contributed by atoms with Gasteiger partial charge in [0.25, 0.3) is 5.69 Å². The molecule has 0 radical (unpaired) electrons. The molecule has 1 aromatic rings. The first kappa shape index (κ1) is 23.2. The molecule has 0 aromatic heterocycles. The lowest BCUT2D eigenvalue weighted by Crippen LogP contribution is -2.49. The third-order valence-corrected chi connectivity index (χ3v) is 5.21. The first-order valence-electron chi connectivity index (χ1n) is 7.90. The lowest BCUT2D eigenvalue weighted by molar-refractivity contribution is -0.385. The van der Waals surface area contributed by atoms with E-state index in [1.165, 1.54) is 6.07 Å². The van der Waals surface area contributed by atoms with Gasteiger partial charge in [0.15, 0.2) is 0 Å². The lowest BCUT2D eigenvalue weighted by Gasteiger charge is -2.34. The first-order valence-corrected chi connectivity index (χ1v) is 9.75. The largest absolute Gasteiger partial charge is 0.480 e. The van der Waals surface area contributed by atoms with Crippen molar-refractivity contribution >= 4 is 34.1 Å². The van der Waals surface area contributed by atoms with Crippen LogP contribution in [-0.4, -0.2) is 78.8 Å². The predicted molar refractivity (Wildman–Crippen MR) is 99.4 cm³/mol. The van der Waals surface area contributed by atoms with Crippen molar-refractivity contribution in [2.45, 2.75) is 12.6 Å². The van der Waals surface area contributed by atoms with Crippen molar-refractivity contribution in [1.29, 1.82) is 0 Å². The van der Waals surface area contributed by atoms with Crippen LogP contribution in [0, 0.1) is 10.1 Å². The third-order valence-electron chi connectivity index (χ3n) is 3.99. The van der Waals surface area contributed by atoms with Crippen LogP contribution in [0.3, 0.4) is 0 Å². The van der Waals surface area contributed by atoms with Gasteiger partial charge in [0.05, 0.1) is 23.9 Å². The van der Waals surface area contributed by atoms with Crippen molar-refractivity contribution in [3.8, 4) is 0 Å². The van der Waals surface area contributed by atoms with E-state index in [0.29, 0.717) is 31.8 Å². The highest BCUT2D eigenvalue weighted by Gasteiger charge is 2.28. The van der Waals surface area contributed by atoms with Gasteiger partial charge < -0.3 is 9.84 Å². The van der Waals surface area contributed by atoms with E-state index >= 15 is 0 Å². The van der Waals surface area contributed by atoms with Crippen LogP contribution in [-0.2, 0) is 26.1 Å². The number of ether oxygens (including phenoxy) is 1. The van der Waals surface area contributed by atoms with Crippen molar-refractivity contribution in [2.24, 2.45) is 0 Å². The summed E-state index contributed by atoms with van der Waals surface area (Å²) in [5.74, 6) is -1.25. The Morgan fingerprint density at radius 2 is 2.11 bits per heavy atom. The van der Waals surface area contributed by atoms with Crippen LogP contribution in [0.2, 0.25) is 0 Å². The molecule has 152 valence electrons.